The second-order valence-corrected chi connectivity index (χ2v) is 9.51. The highest BCUT2D eigenvalue weighted by Gasteiger charge is 2.33. The first-order chi connectivity index (χ1) is 18.6. The van der Waals surface area contributed by atoms with Gasteiger partial charge in [-0.25, -0.2) is 9.37 Å². The Morgan fingerprint density at radius 2 is 1.69 bits per heavy atom. The number of halogens is 5. The van der Waals surface area contributed by atoms with Crippen LogP contribution in [0.2, 0.25) is 5.02 Å². The van der Waals surface area contributed by atoms with Gasteiger partial charge in [-0.15, -0.1) is 0 Å². The number of fused-ring (bicyclic) bond motifs is 1. The maximum atomic E-state index is 15.0. The van der Waals surface area contributed by atoms with Crippen molar-refractivity contribution >= 4 is 40.0 Å². The zero-order chi connectivity index (χ0) is 27.7. The molecule has 1 aromatic heterocycles. The lowest BCUT2D eigenvalue weighted by Gasteiger charge is -2.28. The minimum atomic E-state index is -4.72. The summed E-state index contributed by atoms with van der Waals surface area (Å²) in [7, 11) is 0. The lowest BCUT2D eigenvalue weighted by atomic mass is 9.97. The Balaban J connectivity index is 1.35. The molecule has 1 aliphatic heterocycles. The molecule has 0 atom stereocenters. The fraction of sp³-hybridized carbons (Fsp3) is 0.214. The third-order valence-corrected chi connectivity index (χ3v) is 6.80. The van der Waals surface area contributed by atoms with Gasteiger partial charge in [-0.05, 0) is 54.1 Å². The van der Waals surface area contributed by atoms with Gasteiger partial charge in [0.25, 0.3) is 0 Å². The van der Waals surface area contributed by atoms with E-state index in [1.165, 1.54) is 18.2 Å². The number of hydrogen-bond donors (Lipinski definition) is 1. The van der Waals surface area contributed by atoms with Crippen LogP contribution in [0.25, 0.3) is 11.0 Å². The van der Waals surface area contributed by atoms with Crippen molar-refractivity contribution < 1.29 is 27.2 Å². The number of nitrogens with zero attached hydrogens (tertiary/aromatic N) is 3. The van der Waals surface area contributed by atoms with Crippen LogP contribution in [0.4, 0.5) is 23.4 Å². The molecule has 39 heavy (non-hydrogen) atoms. The highest BCUT2D eigenvalue weighted by Crippen LogP contribution is 2.35. The molecule has 0 amide bonds. The van der Waals surface area contributed by atoms with Crippen LogP contribution in [-0.4, -0.2) is 47.7 Å². The fourth-order valence-electron chi connectivity index (χ4n) is 4.40. The minimum Gasteiger partial charge on any atom is -0.353 e. The van der Waals surface area contributed by atoms with Gasteiger partial charge in [-0.1, -0.05) is 17.7 Å². The molecule has 0 bridgehead atoms. The quantitative estimate of drug-likeness (QED) is 0.249. The van der Waals surface area contributed by atoms with Crippen molar-refractivity contribution in [3.05, 3.63) is 99.5 Å². The van der Waals surface area contributed by atoms with Gasteiger partial charge < -0.3 is 10.2 Å². The molecule has 1 N–H and O–H groups in total. The number of rotatable bonds is 6. The number of Topliss-reactive ketones (excluding diaryl/α,β-unsaturated/α-hetero) is 1. The monoisotopic (exact) mass is 556 g/mol. The molecule has 0 spiro atoms. The Morgan fingerprint density at radius 3 is 2.41 bits per heavy atom. The van der Waals surface area contributed by atoms with E-state index in [0.29, 0.717) is 22.9 Å². The maximum absolute atomic E-state index is 15.0. The Bertz CT molecular complexity index is 1590. The molecule has 0 radical (unpaired) electrons. The molecule has 3 aromatic carbocycles. The van der Waals surface area contributed by atoms with E-state index in [9.17, 15) is 27.2 Å². The molecule has 1 saturated heterocycles. The Hall–Kier alpha value is -3.89. The van der Waals surface area contributed by atoms with Crippen molar-refractivity contribution in [1.29, 1.82) is 0 Å². The van der Waals surface area contributed by atoms with E-state index in [4.69, 9.17) is 11.6 Å². The van der Waals surface area contributed by atoms with E-state index >= 15 is 0 Å². The summed E-state index contributed by atoms with van der Waals surface area (Å²) in [5.74, 6) is -1.38. The average molecular weight is 557 g/mol. The Labute approximate surface area is 225 Å². The summed E-state index contributed by atoms with van der Waals surface area (Å²) in [5.41, 5.74) is -0.00795. The third kappa shape index (κ3) is 5.76. The molecular formula is C28H21ClF4N4O2. The summed E-state index contributed by atoms with van der Waals surface area (Å²) >= 11 is 5.61. The maximum Gasteiger partial charge on any atom is 0.417 e. The first-order valence-corrected chi connectivity index (χ1v) is 12.4. The van der Waals surface area contributed by atoms with Crippen LogP contribution < -0.4 is 10.2 Å². The van der Waals surface area contributed by atoms with Crippen molar-refractivity contribution in [2.75, 3.05) is 31.1 Å². The van der Waals surface area contributed by atoms with Gasteiger partial charge in [-0.2, -0.15) is 13.2 Å². The van der Waals surface area contributed by atoms with Crippen LogP contribution in [0.1, 0.15) is 37.4 Å². The van der Waals surface area contributed by atoms with Gasteiger partial charge in [-0.3, -0.25) is 14.6 Å². The number of nitrogens with one attached hydrogen (secondary N) is 1. The average Bonchev–Trinajstić information content (AvgIpc) is 2.92. The summed E-state index contributed by atoms with van der Waals surface area (Å²) < 4.78 is 54.4. The normalized spacial score (nSPS) is 14.0. The van der Waals surface area contributed by atoms with E-state index in [0.717, 1.165) is 38.3 Å². The predicted octanol–water partition coefficient (Wildman–Crippen LogP) is 5.51. The Morgan fingerprint density at radius 1 is 0.949 bits per heavy atom. The number of benzene rings is 3. The van der Waals surface area contributed by atoms with E-state index in [2.05, 4.69) is 20.2 Å². The topological polar surface area (TPSA) is 75.2 Å². The third-order valence-electron chi connectivity index (χ3n) is 6.47. The molecule has 2 heterocycles. The lowest BCUT2D eigenvalue weighted by molar-refractivity contribution is -0.137. The van der Waals surface area contributed by atoms with Gasteiger partial charge in [0.05, 0.1) is 33.4 Å². The summed E-state index contributed by atoms with van der Waals surface area (Å²) in [4.78, 5) is 36.9. The number of anilines is 1. The summed E-state index contributed by atoms with van der Waals surface area (Å²) in [5, 5.41) is 2.75. The highest BCUT2D eigenvalue weighted by atomic mass is 35.5. The highest BCUT2D eigenvalue weighted by molar-refractivity contribution is 6.31. The first kappa shape index (κ1) is 26.7. The molecule has 0 aliphatic carbocycles. The largest absolute Gasteiger partial charge is 0.417 e. The molecule has 6 nitrogen and oxygen atoms in total. The predicted molar refractivity (Wildman–Crippen MR) is 139 cm³/mol. The number of piperazine rings is 1. The van der Waals surface area contributed by atoms with Crippen LogP contribution in [-0.2, 0) is 12.6 Å². The van der Waals surface area contributed by atoms with Gasteiger partial charge in [0, 0.05) is 43.7 Å². The van der Waals surface area contributed by atoms with E-state index in [1.807, 2.05) is 0 Å². The molecule has 200 valence electrons. The molecule has 0 unspecified atom stereocenters. The minimum absolute atomic E-state index is 0.204. The van der Waals surface area contributed by atoms with Crippen LogP contribution in [0.15, 0.2) is 60.8 Å². The SMILES string of the molecule is O=C(Cc1ccc(C(=O)c2ccc3ncc(N4CCNCC4)nc3c2)c(F)c1)c1ccc(Cl)c(C(F)(F)F)c1. The number of hydrogen-bond acceptors (Lipinski definition) is 6. The summed E-state index contributed by atoms with van der Waals surface area (Å²) in [6, 6.07) is 11.3. The fourth-order valence-corrected chi connectivity index (χ4v) is 4.63. The van der Waals surface area contributed by atoms with Crippen molar-refractivity contribution in [1.82, 2.24) is 15.3 Å². The lowest BCUT2D eigenvalue weighted by Crippen LogP contribution is -2.43. The zero-order valence-corrected chi connectivity index (χ0v) is 21.1. The van der Waals surface area contributed by atoms with E-state index in [1.54, 1.807) is 24.4 Å². The van der Waals surface area contributed by atoms with Crippen LogP contribution in [0.3, 0.4) is 0 Å². The van der Waals surface area contributed by atoms with Crippen molar-refractivity contribution in [3.63, 3.8) is 0 Å². The number of carbonyl (C=O) groups is 2. The van der Waals surface area contributed by atoms with Crippen molar-refractivity contribution in [2.24, 2.45) is 0 Å². The summed E-state index contributed by atoms with van der Waals surface area (Å²) in [6.45, 7) is 3.21. The summed E-state index contributed by atoms with van der Waals surface area (Å²) in [6.07, 6.45) is -3.39. The first-order valence-electron chi connectivity index (χ1n) is 12.1. The molecule has 0 saturated carbocycles. The van der Waals surface area contributed by atoms with Crippen LogP contribution in [0.5, 0.6) is 0 Å². The Kier molecular flexibility index (Phi) is 7.33. The van der Waals surface area contributed by atoms with Gasteiger partial charge in [0.1, 0.15) is 11.6 Å². The number of ketones is 2. The number of aromatic nitrogens is 2. The van der Waals surface area contributed by atoms with Gasteiger partial charge in [0.2, 0.25) is 0 Å². The molecule has 1 fully saturated rings. The second kappa shape index (κ2) is 10.7. The molecule has 4 aromatic rings. The number of carbonyl (C=O) groups excluding carboxylic acids is 2. The van der Waals surface area contributed by atoms with Gasteiger partial charge in [0.15, 0.2) is 11.6 Å². The molecule has 11 heteroatoms. The van der Waals surface area contributed by atoms with Crippen molar-refractivity contribution in [2.45, 2.75) is 12.6 Å². The molecule has 5 rings (SSSR count). The van der Waals surface area contributed by atoms with Crippen LogP contribution in [0, 0.1) is 5.82 Å². The van der Waals surface area contributed by atoms with Crippen molar-refractivity contribution in [3.8, 4) is 0 Å². The molecule has 1 aliphatic rings. The second-order valence-electron chi connectivity index (χ2n) is 9.10. The number of alkyl halides is 3. The smallest absolute Gasteiger partial charge is 0.353 e. The standard InChI is InChI=1S/C28H21ClF4N4O2/c29-21-5-2-17(13-20(21)28(31,32)33)25(38)12-16-1-4-19(22(30)11-16)27(39)18-3-6-23-24(14-18)36-26(15-35-23)37-9-7-34-8-10-37/h1-6,11,13-15,34H,7-10,12H2. The van der Waals surface area contributed by atoms with E-state index in [-0.39, 0.29) is 28.7 Å². The zero-order valence-electron chi connectivity index (χ0n) is 20.4. The molecular weight excluding hydrogens is 536 g/mol. The van der Waals surface area contributed by atoms with E-state index < -0.39 is 34.1 Å². The van der Waals surface area contributed by atoms with Gasteiger partial charge >= 0.3 is 6.18 Å². The van der Waals surface area contributed by atoms with Crippen LogP contribution >= 0.6 is 11.6 Å².